The van der Waals surface area contributed by atoms with E-state index in [0.29, 0.717) is 11.4 Å². The molecule has 2 rings (SSSR count). The Hall–Kier alpha value is -3.21. The number of anilines is 2. The minimum Gasteiger partial charge on any atom is -0.488 e. The highest BCUT2D eigenvalue weighted by Gasteiger charge is 2.30. The van der Waals surface area contributed by atoms with Gasteiger partial charge in [0.15, 0.2) is 0 Å². The van der Waals surface area contributed by atoms with Crippen LogP contribution >= 0.6 is 15.9 Å². The van der Waals surface area contributed by atoms with Gasteiger partial charge >= 0.3 is 11.8 Å². The van der Waals surface area contributed by atoms with Crippen LogP contribution in [0.3, 0.4) is 0 Å². The van der Waals surface area contributed by atoms with Gasteiger partial charge in [-0.1, -0.05) is 12.7 Å². The lowest BCUT2D eigenvalue weighted by atomic mass is 10.2. The quantitative estimate of drug-likeness (QED) is 0.279. The molecule has 11 heteroatoms. The van der Waals surface area contributed by atoms with Crippen molar-refractivity contribution in [3.05, 3.63) is 57.5 Å². The van der Waals surface area contributed by atoms with E-state index in [1.807, 2.05) is 0 Å². The molecule has 148 valence electrons. The molecule has 28 heavy (non-hydrogen) atoms. The fraction of sp³-hybridized carbons (Fsp3) is 0.235. The molecule has 1 amide bonds. The van der Waals surface area contributed by atoms with Crippen LogP contribution in [0, 0.1) is 10.1 Å². The van der Waals surface area contributed by atoms with Crippen molar-refractivity contribution in [3.63, 3.8) is 0 Å². The second-order valence-corrected chi connectivity index (χ2v) is 6.10. The first kappa shape index (κ1) is 21.1. The van der Waals surface area contributed by atoms with E-state index in [-0.39, 0.29) is 35.9 Å². The second kappa shape index (κ2) is 9.65. The molecule has 0 aromatic carbocycles. The lowest BCUT2D eigenvalue weighted by molar-refractivity contribution is -0.383. The van der Waals surface area contributed by atoms with Crippen LogP contribution in [-0.4, -0.2) is 34.2 Å². The van der Waals surface area contributed by atoms with E-state index in [1.54, 1.807) is 25.1 Å². The van der Waals surface area contributed by atoms with Gasteiger partial charge in [0.2, 0.25) is 5.82 Å². The number of halogens is 1. The third kappa shape index (κ3) is 4.94. The van der Waals surface area contributed by atoms with Crippen molar-refractivity contribution in [2.24, 2.45) is 0 Å². The molecule has 0 atom stereocenters. The number of hydrogen-bond acceptors (Lipinski definition) is 8. The number of nitrogen functional groups attached to an aromatic ring is 1. The van der Waals surface area contributed by atoms with Crippen LogP contribution in [0.2, 0.25) is 0 Å². The van der Waals surface area contributed by atoms with E-state index < -0.39 is 16.7 Å². The summed E-state index contributed by atoms with van der Waals surface area (Å²) < 4.78 is 10.8. The average molecular weight is 452 g/mol. The van der Waals surface area contributed by atoms with Crippen molar-refractivity contribution in [1.82, 2.24) is 9.97 Å². The third-order valence-corrected chi connectivity index (χ3v) is 3.85. The molecule has 0 saturated heterocycles. The SMILES string of the molecule is C=CCOc1cccnc1CN(C(=O)OCC)c1cc(Br)nc(N)c1[N+](=O)[O-]. The Morgan fingerprint density at radius 2 is 2.29 bits per heavy atom. The van der Waals surface area contributed by atoms with Gasteiger partial charge < -0.3 is 15.2 Å². The van der Waals surface area contributed by atoms with E-state index in [2.05, 4.69) is 32.5 Å². The number of carbonyl (C=O) groups is 1. The topological polar surface area (TPSA) is 134 Å². The Bertz CT molecular complexity index is 892. The third-order valence-electron chi connectivity index (χ3n) is 3.44. The first-order valence-corrected chi connectivity index (χ1v) is 8.90. The minimum absolute atomic E-state index is 0.0763. The minimum atomic E-state index is -0.802. The number of rotatable bonds is 8. The van der Waals surface area contributed by atoms with Crippen LogP contribution in [0.5, 0.6) is 5.75 Å². The number of nitrogens with two attached hydrogens (primary N) is 1. The molecule has 0 aliphatic carbocycles. The predicted molar refractivity (Wildman–Crippen MR) is 106 cm³/mol. The van der Waals surface area contributed by atoms with Crippen LogP contribution in [-0.2, 0) is 11.3 Å². The van der Waals surface area contributed by atoms with Gasteiger partial charge in [-0.05, 0) is 35.0 Å². The number of hydrogen-bond donors (Lipinski definition) is 1. The van der Waals surface area contributed by atoms with Gasteiger partial charge in [0.25, 0.3) is 0 Å². The first-order valence-electron chi connectivity index (χ1n) is 8.11. The zero-order chi connectivity index (χ0) is 20.7. The van der Waals surface area contributed by atoms with Crippen molar-refractivity contribution >= 4 is 39.2 Å². The van der Waals surface area contributed by atoms with Crippen molar-refractivity contribution < 1.29 is 19.2 Å². The van der Waals surface area contributed by atoms with Crippen molar-refractivity contribution in [3.8, 4) is 5.75 Å². The van der Waals surface area contributed by atoms with Crippen LogP contribution in [0.25, 0.3) is 0 Å². The standard InChI is InChI=1S/C17H18BrN5O5/c1-3-8-28-13-6-5-7-20-11(13)10-22(17(24)27-4-2)12-9-14(18)21-16(19)15(12)23(25)26/h3,5-7,9H,1,4,8,10H2,2H3,(H2,19,21). The maximum Gasteiger partial charge on any atom is 0.414 e. The van der Waals surface area contributed by atoms with E-state index in [4.69, 9.17) is 15.2 Å². The monoisotopic (exact) mass is 451 g/mol. The number of ether oxygens (including phenoxy) is 2. The number of pyridine rings is 2. The molecule has 0 fully saturated rings. The summed E-state index contributed by atoms with van der Waals surface area (Å²) in [5.41, 5.74) is 5.49. The molecular formula is C17H18BrN5O5. The molecule has 2 aromatic heterocycles. The summed E-state index contributed by atoms with van der Waals surface area (Å²) >= 11 is 3.14. The summed E-state index contributed by atoms with van der Waals surface area (Å²) in [6, 6.07) is 4.65. The maximum atomic E-state index is 12.6. The molecule has 0 aliphatic rings. The van der Waals surface area contributed by atoms with E-state index in [1.165, 1.54) is 12.3 Å². The Balaban J connectivity index is 2.56. The molecule has 10 nitrogen and oxygen atoms in total. The zero-order valence-corrected chi connectivity index (χ0v) is 16.6. The smallest absolute Gasteiger partial charge is 0.414 e. The Kier molecular flexibility index (Phi) is 7.27. The van der Waals surface area contributed by atoms with Gasteiger partial charge in [-0.3, -0.25) is 20.0 Å². The summed E-state index contributed by atoms with van der Waals surface area (Å²) in [5, 5.41) is 11.5. The molecule has 0 bridgehead atoms. The number of aromatic nitrogens is 2. The summed E-state index contributed by atoms with van der Waals surface area (Å²) in [4.78, 5) is 32.5. The number of carbonyl (C=O) groups excluding carboxylic acids is 1. The molecule has 2 aromatic rings. The van der Waals surface area contributed by atoms with Crippen molar-refractivity contribution in [1.29, 1.82) is 0 Å². The lowest BCUT2D eigenvalue weighted by Gasteiger charge is -2.22. The number of amides is 1. The summed E-state index contributed by atoms with van der Waals surface area (Å²) in [7, 11) is 0. The predicted octanol–water partition coefficient (Wildman–Crippen LogP) is 3.46. The molecule has 0 saturated carbocycles. The van der Waals surface area contributed by atoms with Gasteiger partial charge in [0, 0.05) is 12.3 Å². The Labute approximate surface area is 169 Å². The van der Waals surface area contributed by atoms with Crippen LogP contribution in [0.4, 0.5) is 22.0 Å². The Morgan fingerprint density at radius 3 is 2.93 bits per heavy atom. The first-order chi connectivity index (χ1) is 13.4. The highest BCUT2D eigenvalue weighted by molar-refractivity contribution is 9.10. The molecule has 0 aliphatic heterocycles. The Morgan fingerprint density at radius 1 is 1.54 bits per heavy atom. The normalized spacial score (nSPS) is 10.2. The van der Waals surface area contributed by atoms with E-state index in [9.17, 15) is 14.9 Å². The average Bonchev–Trinajstić information content (AvgIpc) is 2.64. The molecule has 0 radical (unpaired) electrons. The molecule has 2 heterocycles. The van der Waals surface area contributed by atoms with E-state index in [0.717, 1.165) is 4.90 Å². The lowest BCUT2D eigenvalue weighted by Crippen LogP contribution is -2.32. The second-order valence-electron chi connectivity index (χ2n) is 5.29. The van der Waals surface area contributed by atoms with Gasteiger partial charge in [0.05, 0.1) is 18.1 Å². The molecule has 0 unspecified atom stereocenters. The van der Waals surface area contributed by atoms with Gasteiger partial charge in [-0.2, -0.15) is 0 Å². The summed E-state index contributed by atoms with van der Waals surface area (Å²) in [6.07, 6.45) is 2.28. The zero-order valence-electron chi connectivity index (χ0n) is 15.0. The highest BCUT2D eigenvalue weighted by Crippen LogP contribution is 2.36. The fourth-order valence-electron chi connectivity index (χ4n) is 2.33. The van der Waals surface area contributed by atoms with Gasteiger partial charge in [-0.15, -0.1) is 0 Å². The molecular weight excluding hydrogens is 434 g/mol. The maximum absolute atomic E-state index is 12.6. The van der Waals surface area contributed by atoms with Crippen LogP contribution in [0.15, 0.2) is 41.7 Å². The fourth-order valence-corrected chi connectivity index (χ4v) is 2.73. The van der Waals surface area contributed by atoms with Gasteiger partial charge in [-0.25, -0.2) is 9.78 Å². The summed E-state index contributed by atoms with van der Waals surface area (Å²) in [6.45, 7) is 5.37. The highest BCUT2D eigenvalue weighted by atomic mass is 79.9. The number of nitrogens with zero attached hydrogens (tertiary/aromatic N) is 4. The molecule has 0 spiro atoms. The largest absolute Gasteiger partial charge is 0.488 e. The number of nitro groups is 1. The van der Waals surface area contributed by atoms with Crippen molar-refractivity contribution in [2.45, 2.75) is 13.5 Å². The van der Waals surface area contributed by atoms with Crippen molar-refractivity contribution in [2.75, 3.05) is 23.8 Å². The van der Waals surface area contributed by atoms with Gasteiger partial charge in [0.1, 0.15) is 28.3 Å². The van der Waals surface area contributed by atoms with Crippen LogP contribution < -0.4 is 15.4 Å². The van der Waals surface area contributed by atoms with Crippen LogP contribution in [0.1, 0.15) is 12.6 Å². The molecule has 2 N–H and O–H groups in total. The van der Waals surface area contributed by atoms with E-state index >= 15 is 0 Å². The summed E-state index contributed by atoms with van der Waals surface area (Å²) in [5.74, 6) is 0.0632.